The second-order valence-corrected chi connectivity index (χ2v) is 5.91. The van der Waals surface area contributed by atoms with Crippen molar-refractivity contribution in [1.29, 1.82) is 0 Å². The monoisotopic (exact) mass is 272 g/mol. The van der Waals surface area contributed by atoms with Gasteiger partial charge in [0.25, 0.3) is 9.05 Å². The minimum atomic E-state index is -3.85. The zero-order chi connectivity index (χ0) is 12.5. The highest BCUT2D eigenvalue weighted by Gasteiger charge is 2.21. The minimum absolute atomic E-state index is 0.0732. The van der Waals surface area contributed by atoms with E-state index in [9.17, 15) is 8.42 Å². The maximum absolute atomic E-state index is 11.4. The van der Waals surface area contributed by atoms with E-state index in [1.807, 2.05) is 0 Å². The van der Waals surface area contributed by atoms with Gasteiger partial charge >= 0.3 is 0 Å². The molecule has 0 radical (unpaired) electrons. The van der Waals surface area contributed by atoms with Crippen LogP contribution in [-0.2, 0) is 15.6 Å². The zero-order valence-electron chi connectivity index (χ0n) is 8.91. The lowest BCUT2D eigenvalue weighted by molar-refractivity contribution is 0.565. The summed E-state index contributed by atoms with van der Waals surface area (Å²) >= 11 is 0. The molecular weight excluding hydrogens is 264 g/mol. The predicted molar refractivity (Wildman–Crippen MR) is 61.1 cm³/mol. The van der Waals surface area contributed by atoms with Crippen molar-refractivity contribution in [2.75, 3.05) is 0 Å². The van der Waals surface area contributed by atoms with Crippen molar-refractivity contribution in [3.8, 4) is 0 Å². The van der Waals surface area contributed by atoms with Gasteiger partial charge in [-0.3, -0.25) is 4.98 Å². The fourth-order valence-electron chi connectivity index (χ4n) is 1.46. The molecule has 17 heavy (non-hydrogen) atoms. The molecule has 0 spiro atoms. The average Bonchev–Trinajstić information content (AvgIpc) is 2.60. The van der Waals surface area contributed by atoms with Gasteiger partial charge in [0.2, 0.25) is 0 Å². The van der Waals surface area contributed by atoms with Crippen molar-refractivity contribution < 1.29 is 8.42 Å². The van der Waals surface area contributed by atoms with Crippen molar-refractivity contribution in [2.45, 2.75) is 18.5 Å². The van der Waals surface area contributed by atoms with Crippen LogP contribution in [-0.4, -0.2) is 28.4 Å². The Morgan fingerprint density at radius 2 is 2.00 bits per heavy atom. The van der Waals surface area contributed by atoms with Crippen molar-refractivity contribution in [3.63, 3.8) is 0 Å². The van der Waals surface area contributed by atoms with Gasteiger partial charge in [0.05, 0.1) is 12.2 Å². The second kappa shape index (κ2) is 4.42. The van der Waals surface area contributed by atoms with Gasteiger partial charge in [0.1, 0.15) is 0 Å². The molecule has 0 saturated heterocycles. The molecule has 0 fully saturated rings. The van der Waals surface area contributed by atoms with E-state index in [1.165, 1.54) is 4.68 Å². The SMILES string of the molecule is Cc1nnn(Cc2ccncc2)c1S(=O)(=O)Cl. The summed E-state index contributed by atoms with van der Waals surface area (Å²) in [5.41, 5.74) is 1.15. The van der Waals surface area contributed by atoms with E-state index in [0.29, 0.717) is 0 Å². The van der Waals surface area contributed by atoms with Gasteiger partial charge < -0.3 is 0 Å². The van der Waals surface area contributed by atoms with Crippen LogP contribution in [0.2, 0.25) is 0 Å². The van der Waals surface area contributed by atoms with Gasteiger partial charge in [-0.15, -0.1) is 5.10 Å². The number of aromatic nitrogens is 4. The zero-order valence-corrected chi connectivity index (χ0v) is 10.5. The van der Waals surface area contributed by atoms with E-state index in [-0.39, 0.29) is 17.3 Å². The van der Waals surface area contributed by atoms with Crippen LogP contribution in [0.15, 0.2) is 29.6 Å². The Labute approximate surface area is 103 Å². The Morgan fingerprint density at radius 1 is 1.35 bits per heavy atom. The molecule has 0 aliphatic carbocycles. The van der Waals surface area contributed by atoms with Crippen LogP contribution in [0.3, 0.4) is 0 Å². The highest BCUT2D eigenvalue weighted by atomic mass is 35.7. The van der Waals surface area contributed by atoms with E-state index < -0.39 is 9.05 Å². The van der Waals surface area contributed by atoms with E-state index in [0.717, 1.165) is 5.56 Å². The molecule has 0 unspecified atom stereocenters. The van der Waals surface area contributed by atoms with Crippen LogP contribution in [0.1, 0.15) is 11.3 Å². The Hall–Kier alpha value is -1.47. The molecule has 0 bridgehead atoms. The summed E-state index contributed by atoms with van der Waals surface area (Å²) in [5.74, 6) is 0. The fourth-order valence-corrected chi connectivity index (χ4v) is 2.78. The first-order valence-corrected chi connectivity index (χ1v) is 7.03. The van der Waals surface area contributed by atoms with Crippen LogP contribution < -0.4 is 0 Å². The molecular formula is C9H9ClN4O2S. The van der Waals surface area contributed by atoms with Crippen molar-refractivity contribution >= 4 is 19.7 Å². The largest absolute Gasteiger partial charge is 0.280 e. The van der Waals surface area contributed by atoms with Gasteiger partial charge in [-0.2, -0.15) is 0 Å². The number of halogens is 1. The molecule has 2 aromatic rings. The summed E-state index contributed by atoms with van der Waals surface area (Å²) in [4.78, 5) is 3.87. The molecule has 2 rings (SSSR count). The summed E-state index contributed by atoms with van der Waals surface area (Å²) in [6.07, 6.45) is 3.24. The van der Waals surface area contributed by atoms with E-state index in [1.54, 1.807) is 31.5 Å². The van der Waals surface area contributed by atoms with Gasteiger partial charge in [-0.1, -0.05) is 5.21 Å². The standard InChI is InChI=1S/C9H9ClN4O2S/c1-7-9(17(10,15)16)14(13-12-7)6-8-2-4-11-5-3-8/h2-5H,6H2,1H3. The third kappa shape index (κ3) is 2.62. The third-order valence-corrected chi connectivity index (χ3v) is 3.57. The summed E-state index contributed by atoms with van der Waals surface area (Å²) < 4.78 is 24.0. The van der Waals surface area contributed by atoms with Crippen LogP contribution in [0.4, 0.5) is 0 Å². The molecule has 0 amide bonds. The van der Waals surface area contributed by atoms with Crippen molar-refractivity contribution in [1.82, 2.24) is 20.0 Å². The molecule has 0 saturated carbocycles. The molecule has 0 aromatic carbocycles. The maximum Gasteiger partial charge on any atom is 0.280 e. The lowest BCUT2D eigenvalue weighted by Crippen LogP contribution is -2.09. The minimum Gasteiger partial charge on any atom is -0.265 e. The molecule has 0 aliphatic heterocycles. The Kier molecular flexibility index (Phi) is 3.12. The maximum atomic E-state index is 11.4. The molecule has 0 aliphatic rings. The van der Waals surface area contributed by atoms with Crippen LogP contribution in [0, 0.1) is 6.92 Å². The lowest BCUT2D eigenvalue weighted by atomic mass is 10.3. The van der Waals surface area contributed by atoms with Crippen LogP contribution in [0.5, 0.6) is 0 Å². The van der Waals surface area contributed by atoms with Gasteiger partial charge in [0.15, 0.2) is 5.03 Å². The normalized spacial score (nSPS) is 11.6. The summed E-state index contributed by atoms with van der Waals surface area (Å²) in [7, 11) is 1.49. The summed E-state index contributed by atoms with van der Waals surface area (Å²) in [6.45, 7) is 1.83. The van der Waals surface area contributed by atoms with E-state index in [4.69, 9.17) is 10.7 Å². The Bertz CT molecular complexity index is 624. The topological polar surface area (TPSA) is 77.7 Å². The van der Waals surface area contributed by atoms with Gasteiger partial charge in [-0.05, 0) is 24.6 Å². The highest BCUT2D eigenvalue weighted by Crippen LogP contribution is 2.18. The van der Waals surface area contributed by atoms with Crippen molar-refractivity contribution in [3.05, 3.63) is 35.8 Å². The molecule has 8 heteroatoms. The Balaban J connectivity index is 2.42. The smallest absolute Gasteiger partial charge is 0.265 e. The van der Waals surface area contributed by atoms with Crippen LogP contribution in [0.25, 0.3) is 0 Å². The first-order chi connectivity index (χ1) is 7.98. The number of rotatable bonds is 3. The van der Waals surface area contributed by atoms with E-state index in [2.05, 4.69) is 15.3 Å². The van der Waals surface area contributed by atoms with Gasteiger partial charge in [-0.25, -0.2) is 13.1 Å². The second-order valence-electron chi connectivity index (χ2n) is 3.43. The summed E-state index contributed by atoms with van der Waals surface area (Å²) in [6, 6.07) is 3.53. The number of nitrogens with zero attached hydrogens (tertiary/aromatic N) is 4. The fraction of sp³-hybridized carbons (Fsp3) is 0.222. The lowest BCUT2D eigenvalue weighted by Gasteiger charge is -2.03. The van der Waals surface area contributed by atoms with E-state index >= 15 is 0 Å². The third-order valence-electron chi connectivity index (χ3n) is 2.16. The predicted octanol–water partition coefficient (Wildman–Crippen LogP) is 0.957. The molecule has 6 nitrogen and oxygen atoms in total. The molecule has 2 aromatic heterocycles. The number of aryl methyl sites for hydroxylation is 1. The molecule has 0 atom stereocenters. The van der Waals surface area contributed by atoms with Crippen molar-refractivity contribution in [2.24, 2.45) is 0 Å². The first kappa shape index (κ1) is 12.0. The quantitative estimate of drug-likeness (QED) is 0.778. The molecule has 0 N–H and O–H groups in total. The first-order valence-electron chi connectivity index (χ1n) is 4.72. The number of hydrogen-bond acceptors (Lipinski definition) is 5. The molecule has 2 heterocycles. The number of pyridine rings is 1. The Morgan fingerprint density at radius 3 is 2.59 bits per heavy atom. The summed E-state index contributed by atoms with van der Waals surface area (Å²) in [5, 5.41) is 7.40. The number of hydrogen-bond donors (Lipinski definition) is 0. The average molecular weight is 273 g/mol. The highest BCUT2D eigenvalue weighted by molar-refractivity contribution is 8.13. The van der Waals surface area contributed by atoms with Crippen LogP contribution >= 0.6 is 10.7 Å². The molecule has 90 valence electrons. The van der Waals surface area contributed by atoms with Gasteiger partial charge in [0, 0.05) is 23.1 Å².